The number of unbranched alkanes of at least 4 members (excludes halogenated alkanes) is 1. The van der Waals surface area contributed by atoms with Gasteiger partial charge in [-0.1, -0.05) is 11.6 Å². The van der Waals surface area contributed by atoms with Crippen LogP contribution in [-0.2, 0) is 11.3 Å². The summed E-state index contributed by atoms with van der Waals surface area (Å²) < 4.78 is 6.28. The molecule has 0 aliphatic rings. The molecular weight excluding hydrogens is 242 g/mol. The van der Waals surface area contributed by atoms with Crippen molar-refractivity contribution in [2.75, 3.05) is 25.6 Å². The summed E-state index contributed by atoms with van der Waals surface area (Å²) in [5, 5.41) is 7.31. The van der Waals surface area contributed by atoms with Gasteiger partial charge in [0.1, 0.15) is 5.02 Å². The first-order valence-corrected chi connectivity index (χ1v) is 6.07. The number of halogens is 1. The van der Waals surface area contributed by atoms with Crippen molar-refractivity contribution in [3.8, 4) is 0 Å². The maximum atomic E-state index is 11.7. The van der Waals surface area contributed by atoms with Gasteiger partial charge < -0.3 is 10.1 Å². The van der Waals surface area contributed by atoms with E-state index in [1.165, 1.54) is 4.68 Å². The van der Waals surface area contributed by atoms with E-state index in [1.54, 1.807) is 13.3 Å². The van der Waals surface area contributed by atoms with Crippen molar-refractivity contribution >= 4 is 17.3 Å². The van der Waals surface area contributed by atoms with Gasteiger partial charge >= 0.3 is 0 Å². The van der Waals surface area contributed by atoms with E-state index in [4.69, 9.17) is 16.3 Å². The SMILES string of the molecule is CCn1ncc(NCCCCOC)c(Cl)c1=O. The third-order valence-corrected chi connectivity index (χ3v) is 2.74. The normalized spacial score (nSPS) is 10.5. The molecule has 0 saturated heterocycles. The molecule has 0 saturated carbocycles. The third kappa shape index (κ3) is 4.02. The second-order valence-corrected chi connectivity index (χ2v) is 4.00. The Bertz CT molecular complexity index is 406. The number of anilines is 1. The summed E-state index contributed by atoms with van der Waals surface area (Å²) >= 11 is 5.96. The van der Waals surface area contributed by atoms with Gasteiger partial charge in [-0.25, -0.2) is 4.68 Å². The Hall–Kier alpha value is -1.07. The van der Waals surface area contributed by atoms with Crippen LogP contribution >= 0.6 is 11.6 Å². The molecule has 1 aromatic heterocycles. The number of rotatable bonds is 7. The van der Waals surface area contributed by atoms with E-state index in [0.29, 0.717) is 12.2 Å². The second kappa shape index (κ2) is 7.29. The lowest BCUT2D eigenvalue weighted by Crippen LogP contribution is -2.23. The number of nitrogens with zero attached hydrogens (tertiary/aromatic N) is 2. The molecule has 0 aliphatic heterocycles. The maximum Gasteiger partial charge on any atom is 0.287 e. The van der Waals surface area contributed by atoms with E-state index in [9.17, 15) is 4.79 Å². The fourth-order valence-corrected chi connectivity index (χ4v) is 1.62. The van der Waals surface area contributed by atoms with Gasteiger partial charge in [-0.2, -0.15) is 5.10 Å². The first kappa shape index (κ1) is 14.0. The second-order valence-electron chi connectivity index (χ2n) is 3.62. The summed E-state index contributed by atoms with van der Waals surface area (Å²) in [6.45, 7) is 3.86. The maximum absolute atomic E-state index is 11.7. The van der Waals surface area contributed by atoms with E-state index < -0.39 is 0 Å². The Morgan fingerprint density at radius 3 is 2.94 bits per heavy atom. The van der Waals surface area contributed by atoms with E-state index >= 15 is 0 Å². The number of hydrogen-bond donors (Lipinski definition) is 1. The molecule has 0 atom stereocenters. The summed E-state index contributed by atoms with van der Waals surface area (Å²) in [4.78, 5) is 11.7. The van der Waals surface area contributed by atoms with E-state index in [2.05, 4.69) is 10.4 Å². The Kier molecular flexibility index (Phi) is 6.00. The molecule has 96 valence electrons. The van der Waals surface area contributed by atoms with Crippen LogP contribution in [0, 0.1) is 0 Å². The van der Waals surface area contributed by atoms with Crippen LogP contribution in [0.25, 0.3) is 0 Å². The van der Waals surface area contributed by atoms with Crippen LogP contribution in [0.2, 0.25) is 5.02 Å². The fraction of sp³-hybridized carbons (Fsp3) is 0.636. The first-order valence-electron chi connectivity index (χ1n) is 5.69. The summed E-state index contributed by atoms with van der Waals surface area (Å²) in [5.41, 5.74) is 0.342. The third-order valence-electron chi connectivity index (χ3n) is 2.38. The summed E-state index contributed by atoms with van der Waals surface area (Å²) in [6.07, 6.45) is 3.52. The number of ether oxygens (including phenoxy) is 1. The zero-order valence-electron chi connectivity index (χ0n) is 10.2. The number of hydrogen-bond acceptors (Lipinski definition) is 4. The lowest BCUT2D eigenvalue weighted by molar-refractivity contribution is 0.194. The molecule has 1 N–H and O–H groups in total. The average Bonchev–Trinajstić information content (AvgIpc) is 2.34. The minimum Gasteiger partial charge on any atom is -0.385 e. The van der Waals surface area contributed by atoms with Crippen molar-refractivity contribution in [1.29, 1.82) is 0 Å². The molecule has 0 bridgehead atoms. The van der Waals surface area contributed by atoms with Gasteiger partial charge in [0.2, 0.25) is 0 Å². The van der Waals surface area contributed by atoms with Gasteiger partial charge in [0, 0.05) is 26.8 Å². The minimum atomic E-state index is -0.254. The molecule has 1 rings (SSSR count). The molecular formula is C11H18ClN3O2. The molecule has 5 nitrogen and oxygen atoms in total. The number of methoxy groups -OCH3 is 1. The summed E-state index contributed by atoms with van der Waals surface area (Å²) in [5.74, 6) is 0. The smallest absolute Gasteiger partial charge is 0.287 e. The van der Waals surface area contributed by atoms with Crippen LogP contribution in [-0.4, -0.2) is 30.0 Å². The van der Waals surface area contributed by atoms with E-state index in [-0.39, 0.29) is 10.6 Å². The van der Waals surface area contributed by atoms with Gasteiger partial charge in [0.25, 0.3) is 5.56 Å². The van der Waals surface area contributed by atoms with Crippen LogP contribution in [0.15, 0.2) is 11.0 Å². The van der Waals surface area contributed by atoms with E-state index in [0.717, 1.165) is 26.0 Å². The molecule has 0 radical (unpaired) electrons. The summed E-state index contributed by atoms with van der Waals surface area (Å²) in [6, 6.07) is 0. The van der Waals surface area contributed by atoms with Gasteiger partial charge in [-0.05, 0) is 19.8 Å². The van der Waals surface area contributed by atoms with Crippen molar-refractivity contribution in [2.45, 2.75) is 26.3 Å². The topological polar surface area (TPSA) is 56.1 Å². The zero-order valence-corrected chi connectivity index (χ0v) is 11.0. The lowest BCUT2D eigenvalue weighted by Gasteiger charge is -2.08. The molecule has 0 aromatic carbocycles. The molecule has 0 aliphatic carbocycles. The van der Waals surface area contributed by atoms with Crippen molar-refractivity contribution in [3.05, 3.63) is 21.6 Å². The van der Waals surface area contributed by atoms with Crippen LogP contribution in [0.3, 0.4) is 0 Å². The number of aryl methyl sites for hydroxylation is 1. The first-order chi connectivity index (χ1) is 8.20. The molecule has 1 aromatic rings. The molecule has 6 heteroatoms. The molecule has 0 unspecified atom stereocenters. The highest BCUT2D eigenvalue weighted by molar-refractivity contribution is 6.32. The minimum absolute atomic E-state index is 0.202. The van der Waals surface area contributed by atoms with E-state index in [1.807, 2.05) is 6.92 Å². The highest BCUT2D eigenvalue weighted by atomic mass is 35.5. The van der Waals surface area contributed by atoms with Crippen molar-refractivity contribution in [2.24, 2.45) is 0 Å². The highest BCUT2D eigenvalue weighted by Crippen LogP contribution is 2.14. The van der Waals surface area contributed by atoms with Crippen molar-refractivity contribution in [3.63, 3.8) is 0 Å². The molecule has 0 amide bonds. The standard InChI is InChI=1S/C11H18ClN3O2/c1-3-15-11(16)10(12)9(8-14-15)13-6-4-5-7-17-2/h8,13H,3-7H2,1-2H3. The van der Waals surface area contributed by atoms with Crippen molar-refractivity contribution < 1.29 is 4.74 Å². The van der Waals surface area contributed by atoms with Gasteiger partial charge in [-0.3, -0.25) is 4.79 Å². The van der Waals surface area contributed by atoms with Gasteiger partial charge in [-0.15, -0.1) is 0 Å². The monoisotopic (exact) mass is 259 g/mol. The predicted molar refractivity (Wildman–Crippen MR) is 68.8 cm³/mol. The Morgan fingerprint density at radius 2 is 2.29 bits per heavy atom. The van der Waals surface area contributed by atoms with Gasteiger partial charge in [0.15, 0.2) is 0 Å². The number of aromatic nitrogens is 2. The average molecular weight is 260 g/mol. The van der Waals surface area contributed by atoms with Gasteiger partial charge in [0.05, 0.1) is 11.9 Å². The largest absolute Gasteiger partial charge is 0.385 e. The number of nitrogens with one attached hydrogen (secondary N) is 1. The zero-order chi connectivity index (χ0) is 12.7. The lowest BCUT2D eigenvalue weighted by atomic mass is 10.3. The fourth-order valence-electron chi connectivity index (χ4n) is 1.41. The highest BCUT2D eigenvalue weighted by Gasteiger charge is 2.07. The Morgan fingerprint density at radius 1 is 1.53 bits per heavy atom. The van der Waals surface area contributed by atoms with Crippen LogP contribution in [0.4, 0.5) is 5.69 Å². The molecule has 0 fully saturated rings. The Labute approximate surface area is 106 Å². The molecule has 1 heterocycles. The van der Waals surface area contributed by atoms with Crippen LogP contribution in [0.1, 0.15) is 19.8 Å². The summed E-state index contributed by atoms with van der Waals surface area (Å²) in [7, 11) is 1.68. The van der Waals surface area contributed by atoms with Crippen LogP contribution < -0.4 is 10.9 Å². The molecule has 0 spiro atoms. The predicted octanol–water partition coefficient (Wildman–Crippen LogP) is 1.76. The van der Waals surface area contributed by atoms with Crippen LogP contribution in [0.5, 0.6) is 0 Å². The Balaban J connectivity index is 2.55. The molecule has 17 heavy (non-hydrogen) atoms. The van der Waals surface area contributed by atoms with Crippen molar-refractivity contribution in [1.82, 2.24) is 9.78 Å². The quantitative estimate of drug-likeness (QED) is 0.758.